The summed E-state index contributed by atoms with van der Waals surface area (Å²) in [6, 6.07) is 8.23. The van der Waals surface area contributed by atoms with Crippen LogP contribution in [-0.4, -0.2) is 8.75 Å². The lowest BCUT2D eigenvalue weighted by Crippen LogP contribution is -1.75. The quantitative estimate of drug-likeness (QED) is 0.804. The van der Waals surface area contributed by atoms with Crippen molar-refractivity contribution in [3.63, 3.8) is 0 Å². The van der Waals surface area contributed by atoms with Gasteiger partial charge in [0.15, 0.2) is 10.2 Å². The fourth-order valence-corrected chi connectivity index (χ4v) is 2.54. The first-order chi connectivity index (χ1) is 6.75. The van der Waals surface area contributed by atoms with Crippen molar-refractivity contribution in [2.45, 2.75) is 16.8 Å². The molecule has 14 heavy (non-hydrogen) atoms. The second kappa shape index (κ2) is 4.29. The van der Waals surface area contributed by atoms with Crippen LogP contribution in [0.3, 0.4) is 0 Å². The Morgan fingerprint density at radius 1 is 1.21 bits per heavy atom. The molecule has 0 radical (unpaired) electrons. The van der Waals surface area contributed by atoms with Gasteiger partial charge in [0.1, 0.15) is 0 Å². The maximum atomic E-state index is 5.84. The van der Waals surface area contributed by atoms with Crippen molar-refractivity contribution in [3.05, 3.63) is 35.0 Å². The van der Waals surface area contributed by atoms with Crippen molar-refractivity contribution in [2.24, 2.45) is 0 Å². The minimum absolute atomic E-state index is 0.487. The molecule has 5 heteroatoms. The van der Waals surface area contributed by atoms with Gasteiger partial charge in [0.2, 0.25) is 0 Å². The van der Waals surface area contributed by atoms with Crippen LogP contribution < -0.4 is 0 Å². The predicted octanol–water partition coefficient (Wildman–Crippen LogP) is 3.65. The maximum absolute atomic E-state index is 5.84. The van der Waals surface area contributed by atoms with E-state index in [4.69, 9.17) is 11.6 Å². The van der Waals surface area contributed by atoms with E-state index in [0.29, 0.717) is 5.15 Å². The summed E-state index contributed by atoms with van der Waals surface area (Å²) in [5.74, 6) is 0. The molecule has 0 atom stereocenters. The molecule has 0 aliphatic carbocycles. The van der Waals surface area contributed by atoms with Gasteiger partial charge in [0, 0.05) is 4.90 Å². The lowest BCUT2D eigenvalue weighted by atomic mass is 10.2. The van der Waals surface area contributed by atoms with Gasteiger partial charge in [0.25, 0.3) is 0 Å². The second-order valence-corrected chi connectivity index (χ2v) is 4.72. The van der Waals surface area contributed by atoms with Crippen LogP contribution in [0.1, 0.15) is 5.56 Å². The third-order valence-electron chi connectivity index (χ3n) is 1.66. The van der Waals surface area contributed by atoms with Gasteiger partial charge in [-0.3, -0.25) is 0 Å². The van der Waals surface area contributed by atoms with Crippen LogP contribution in [0.4, 0.5) is 0 Å². The molecule has 0 amide bonds. The summed E-state index contributed by atoms with van der Waals surface area (Å²) in [4.78, 5) is 1.13. The fourth-order valence-electron chi connectivity index (χ4n) is 0.949. The Balaban J connectivity index is 2.19. The van der Waals surface area contributed by atoms with E-state index >= 15 is 0 Å². The normalized spacial score (nSPS) is 10.4. The minimum atomic E-state index is 0.487. The molecule has 2 aromatic rings. The zero-order valence-electron chi connectivity index (χ0n) is 7.40. The summed E-state index contributed by atoms with van der Waals surface area (Å²) in [5.41, 5.74) is 1.25. The molecule has 2 rings (SSSR count). The van der Waals surface area contributed by atoms with Gasteiger partial charge in [-0.25, -0.2) is 0 Å². The molecular weight excluding hydrogens is 236 g/mol. The monoisotopic (exact) mass is 242 g/mol. The molecule has 0 fully saturated rings. The SMILES string of the molecule is Cc1ccc(Sc2nsnc2Cl)cc1. The highest BCUT2D eigenvalue weighted by molar-refractivity contribution is 7.99. The third kappa shape index (κ3) is 2.26. The van der Waals surface area contributed by atoms with Crippen LogP contribution in [0, 0.1) is 6.92 Å². The summed E-state index contributed by atoms with van der Waals surface area (Å²) in [6.45, 7) is 2.06. The molecule has 0 aliphatic rings. The van der Waals surface area contributed by atoms with E-state index in [2.05, 4.69) is 39.9 Å². The summed E-state index contributed by atoms with van der Waals surface area (Å²) in [6.07, 6.45) is 0. The van der Waals surface area contributed by atoms with Crippen LogP contribution in [-0.2, 0) is 0 Å². The van der Waals surface area contributed by atoms with Crippen LogP contribution >= 0.6 is 35.1 Å². The van der Waals surface area contributed by atoms with E-state index in [9.17, 15) is 0 Å². The van der Waals surface area contributed by atoms with Crippen molar-refractivity contribution in [2.75, 3.05) is 0 Å². The largest absolute Gasteiger partial charge is 0.177 e. The first-order valence-corrected chi connectivity index (χ1v) is 5.91. The molecule has 72 valence electrons. The van der Waals surface area contributed by atoms with Crippen molar-refractivity contribution in [1.82, 2.24) is 8.75 Å². The average molecular weight is 243 g/mol. The Hall–Kier alpha value is -0.580. The number of hydrogen-bond donors (Lipinski definition) is 0. The van der Waals surface area contributed by atoms with Crippen LogP contribution in [0.25, 0.3) is 0 Å². The zero-order valence-corrected chi connectivity index (χ0v) is 9.79. The second-order valence-electron chi connectivity index (χ2n) is 2.78. The van der Waals surface area contributed by atoms with Crippen molar-refractivity contribution in [1.29, 1.82) is 0 Å². The molecule has 0 spiro atoms. The van der Waals surface area contributed by atoms with Crippen LogP contribution in [0.5, 0.6) is 0 Å². The third-order valence-corrected chi connectivity index (χ3v) is 3.76. The molecule has 2 nitrogen and oxygen atoms in total. The molecule has 0 saturated heterocycles. The van der Waals surface area contributed by atoms with Gasteiger partial charge in [-0.1, -0.05) is 41.1 Å². The van der Waals surface area contributed by atoms with Crippen molar-refractivity contribution in [3.8, 4) is 0 Å². The van der Waals surface area contributed by atoms with Crippen molar-refractivity contribution >= 4 is 35.1 Å². The molecule has 1 aromatic carbocycles. The smallest absolute Gasteiger partial charge is 0.164 e. The molecule has 0 N–H and O–H groups in total. The topological polar surface area (TPSA) is 25.8 Å². The Labute approximate surface area is 95.6 Å². The van der Waals surface area contributed by atoms with E-state index < -0.39 is 0 Å². The molecule has 1 heterocycles. The molecule has 0 unspecified atom stereocenters. The Morgan fingerprint density at radius 3 is 2.50 bits per heavy atom. The van der Waals surface area contributed by atoms with Crippen LogP contribution in [0.2, 0.25) is 5.15 Å². The van der Waals surface area contributed by atoms with Gasteiger partial charge >= 0.3 is 0 Å². The van der Waals surface area contributed by atoms with E-state index in [1.165, 1.54) is 17.3 Å². The first-order valence-electron chi connectivity index (χ1n) is 3.98. The molecule has 1 aromatic heterocycles. The standard InChI is InChI=1S/C9H7ClN2S2/c1-6-2-4-7(5-3-6)13-9-8(10)11-14-12-9/h2-5H,1H3. The van der Waals surface area contributed by atoms with Gasteiger partial charge < -0.3 is 0 Å². The highest BCUT2D eigenvalue weighted by Gasteiger charge is 2.06. The summed E-state index contributed by atoms with van der Waals surface area (Å²) in [5, 5.41) is 1.26. The van der Waals surface area contributed by atoms with Gasteiger partial charge in [-0.05, 0) is 19.1 Å². The number of nitrogens with zero attached hydrogens (tertiary/aromatic N) is 2. The number of rotatable bonds is 2. The van der Waals surface area contributed by atoms with Crippen molar-refractivity contribution < 1.29 is 0 Å². The van der Waals surface area contributed by atoms with E-state index in [0.717, 1.165) is 21.6 Å². The number of halogens is 1. The van der Waals surface area contributed by atoms with E-state index in [1.807, 2.05) is 0 Å². The lowest BCUT2D eigenvalue weighted by Gasteiger charge is -1.97. The minimum Gasteiger partial charge on any atom is -0.164 e. The summed E-state index contributed by atoms with van der Waals surface area (Å²) >= 11 is 8.51. The van der Waals surface area contributed by atoms with Gasteiger partial charge in [0.05, 0.1) is 11.7 Å². The molecule has 0 aliphatic heterocycles. The predicted molar refractivity (Wildman–Crippen MR) is 60.2 cm³/mol. The Bertz CT molecular complexity index is 425. The number of benzene rings is 1. The van der Waals surface area contributed by atoms with E-state index in [-0.39, 0.29) is 0 Å². The van der Waals surface area contributed by atoms with Gasteiger partial charge in [-0.15, -0.1) is 0 Å². The highest BCUT2D eigenvalue weighted by Crippen LogP contribution is 2.31. The Kier molecular flexibility index (Phi) is 3.05. The average Bonchev–Trinajstić information content (AvgIpc) is 2.56. The zero-order chi connectivity index (χ0) is 9.97. The number of aromatic nitrogens is 2. The molecular formula is C9H7ClN2S2. The Morgan fingerprint density at radius 2 is 1.93 bits per heavy atom. The molecule has 0 saturated carbocycles. The van der Waals surface area contributed by atoms with E-state index in [1.54, 1.807) is 0 Å². The van der Waals surface area contributed by atoms with Crippen LogP contribution in [0.15, 0.2) is 34.2 Å². The first kappa shape index (κ1) is 9.96. The number of hydrogen-bond acceptors (Lipinski definition) is 4. The lowest BCUT2D eigenvalue weighted by molar-refractivity contribution is 1.25. The number of aryl methyl sites for hydroxylation is 1. The highest BCUT2D eigenvalue weighted by atomic mass is 35.5. The molecule has 0 bridgehead atoms. The fraction of sp³-hybridized carbons (Fsp3) is 0.111. The van der Waals surface area contributed by atoms with Gasteiger partial charge in [-0.2, -0.15) is 8.75 Å². The maximum Gasteiger partial charge on any atom is 0.177 e. The summed E-state index contributed by atoms with van der Waals surface area (Å²) < 4.78 is 8.00. The summed E-state index contributed by atoms with van der Waals surface area (Å²) in [7, 11) is 0.